The second kappa shape index (κ2) is 4.25. The van der Waals surface area contributed by atoms with Crippen molar-refractivity contribution in [1.82, 2.24) is 0 Å². The number of hydrogen-bond donors (Lipinski definition) is 0. The Balaban J connectivity index is 1.71. The Hall–Kier alpha value is -0.340. The lowest BCUT2D eigenvalue weighted by Gasteiger charge is -1.93. The zero-order valence-corrected chi connectivity index (χ0v) is 8.85. The third-order valence-electron chi connectivity index (χ3n) is 2.50. The molecule has 0 radical (unpaired) electrons. The highest BCUT2D eigenvalue weighted by Gasteiger charge is 2.39. The van der Waals surface area contributed by atoms with Gasteiger partial charge in [0, 0.05) is 4.88 Å². The summed E-state index contributed by atoms with van der Waals surface area (Å²) in [5.41, 5.74) is 0. The standard InChI is InChI=1S/C11H16OS/c1-2-3-4-6-9-11(12-9)10-7-5-8-13-10/h5,7-9,11H,2-4,6H2,1H3/t9-,11+/m0/s1. The fourth-order valence-corrected chi connectivity index (χ4v) is 2.47. The predicted octanol–water partition coefficient (Wildman–Crippen LogP) is 3.77. The van der Waals surface area contributed by atoms with Gasteiger partial charge >= 0.3 is 0 Å². The Kier molecular flexibility index (Phi) is 3.01. The van der Waals surface area contributed by atoms with Crippen LogP contribution in [0.4, 0.5) is 0 Å². The number of hydrogen-bond acceptors (Lipinski definition) is 2. The summed E-state index contributed by atoms with van der Waals surface area (Å²) in [5, 5.41) is 2.13. The van der Waals surface area contributed by atoms with E-state index < -0.39 is 0 Å². The number of epoxide rings is 1. The summed E-state index contributed by atoms with van der Waals surface area (Å²) in [5.74, 6) is 0. The first-order valence-electron chi connectivity index (χ1n) is 5.10. The molecular formula is C11H16OS. The van der Waals surface area contributed by atoms with E-state index in [9.17, 15) is 0 Å². The first-order valence-corrected chi connectivity index (χ1v) is 5.98. The van der Waals surface area contributed by atoms with E-state index in [1.54, 1.807) is 0 Å². The molecule has 0 unspecified atom stereocenters. The van der Waals surface area contributed by atoms with Crippen LogP contribution in [-0.2, 0) is 4.74 Å². The minimum absolute atomic E-state index is 0.442. The Morgan fingerprint density at radius 2 is 2.38 bits per heavy atom. The van der Waals surface area contributed by atoms with Crippen molar-refractivity contribution in [3.8, 4) is 0 Å². The van der Waals surface area contributed by atoms with Crippen LogP contribution >= 0.6 is 11.3 Å². The van der Waals surface area contributed by atoms with Gasteiger partial charge in [-0.3, -0.25) is 0 Å². The van der Waals surface area contributed by atoms with Crippen LogP contribution in [0.25, 0.3) is 0 Å². The predicted molar refractivity (Wildman–Crippen MR) is 56.1 cm³/mol. The monoisotopic (exact) mass is 196 g/mol. The molecule has 0 spiro atoms. The van der Waals surface area contributed by atoms with Crippen LogP contribution in [-0.4, -0.2) is 6.10 Å². The summed E-state index contributed by atoms with van der Waals surface area (Å²) in [6.45, 7) is 2.24. The molecule has 0 N–H and O–H groups in total. The molecule has 2 rings (SSSR count). The average Bonchev–Trinajstić information content (AvgIpc) is 2.72. The van der Waals surface area contributed by atoms with Crippen LogP contribution in [0.2, 0.25) is 0 Å². The van der Waals surface area contributed by atoms with Gasteiger partial charge in [0.2, 0.25) is 0 Å². The molecule has 2 atom stereocenters. The maximum absolute atomic E-state index is 5.62. The molecule has 2 heteroatoms. The average molecular weight is 196 g/mol. The van der Waals surface area contributed by atoms with E-state index in [4.69, 9.17) is 4.74 Å². The minimum atomic E-state index is 0.442. The smallest absolute Gasteiger partial charge is 0.118 e. The Morgan fingerprint density at radius 1 is 1.46 bits per heavy atom. The molecular weight excluding hydrogens is 180 g/mol. The van der Waals surface area contributed by atoms with E-state index in [-0.39, 0.29) is 0 Å². The van der Waals surface area contributed by atoms with Gasteiger partial charge in [-0.1, -0.05) is 32.3 Å². The van der Waals surface area contributed by atoms with Gasteiger partial charge in [-0.05, 0) is 17.9 Å². The summed E-state index contributed by atoms with van der Waals surface area (Å²) in [4.78, 5) is 1.40. The number of ether oxygens (including phenoxy) is 1. The van der Waals surface area contributed by atoms with Gasteiger partial charge in [-0.25, -0.2) is 0 Å². The lowest BCUT2D eigenvalue weighted by atomic mass is 10.1. The first kappa shape index (κ1) is 9.22. The van der Waals surface area contributed by atoms with E-state index in [1.807, 2.05) is 11.3 Å². The molecule has 0 aliphatic carbocycles. The molecule has 1 fully saturated rings. The SMILES string of the molecule is CCCCC[C@@H]1O[C@H]1c1cccs1. The maximum Gasteiger partial charge on any atom is 0.118 e. The molecule has 1 aliphatic rings. The van der Waals surface area contributed by atoms with Crippen LogP contribution in [0, 0.1) is 0 Å². The molecule has 1 aromatic rings. The number of unbranched alkanes of at least 4 members (excludes halogenated alkanes) is 2. The summed E-state index contributed by atoms with van der Waals surface area (Å²) in [7, 11) is 0. The molecule has 1 aromatic heterocycles. The number of rotatable bonds is 5. The molecule has 1 nitrogen and oxygen atoms in total. The highest BCUT2D eigenvalue weighted by molar-refractivity contribution is 7.10. The van der Waals surface area contributed by atoms with E-state index >= 15 is 0 Å². The van der Waals surface area contributed by atoms with Gasteiger partial charge in [0.25, 0.3) is 0 Å². The third kappa shape index (κ3) is 2.32. The molecule has 2 heterocycles. The van der Waals surface area contributed by atoms with Crippen LogP contribution in [0.3, 0.4) is 0 Å². The van der Waals surface area contributed by atoms with Crippen LogP contribution < -0.4 is 0 Å². The normalized spacial score (nSPS) is 26.2. The lowest BCUT2D eigenvalue weighted by Crippen LogP contribution is -1.87. The largest absolute Gasteiger partial charge is 0.364 e. The van der Waals surface area contributed by atoms with Crippen LogP contribution in [0.1, 0.15) is 43.6 Å². The minimum Gasteiger partial charge on any atom is -0.364 e. The van der Waals surface area contributed by atoms with Gasteiger partial charge < -0.3 is 4.74 Å². The quantitative estimate of drug-likeness (QED) is 0.516. The van der Waals surface area contributed by atoms with E-state index in [0.717, 1.165) is 0 Å². The van der Waals surface area contributed by atoms with Crippen molar-refractivity contribution in [3.63, 3.8) is 0 Å². The molecule has 0 bridgehead atoms. The second-order valence-electron chi connectivity index (χ2n) is 3.61. The lowest BCUT2D eigenvalue weighted by molar-refractivity contribution is 0.362. The summed E-state index contributed by atoms with van der Waals surface area (Å²) < 4.78 is 5.62. The molecule has 1 aliphatic heterocycles. The Bertz CT molecular complexity index is 243. The van der Waals surface area contributed by atoms with Crippen LogP contribution in [0.5, 0.6) is 0 Å². The zero-order valence-electron chi connectivity index (χ0n) is 8.03. The summed E-state index contributed by atoms with van der Waals surface area (Å²) in [6, 6.07) is 4.28. The van der Waals surface area contributed by atoms with Gasteiger partial charge in [0.15, 0.2) is 0 Å². The van der Waals surface area contributed by atoms with Gasteiger partial charge in [0.05, 0.1) is 6.10 Å². The third-order valence-corrected chi connectivity index (χ3v) is 3.43. The zero-order chi connectivity index (χ0) is 9.10. The van der Waals surface area contributed by atoms with Crippen molar-refractivity contribution in [2.24, 2.45) is 0 Å². The Morgan fingerprint density at radius 3 is 3.08 bits per heavy atom. The summed E-state index contributed by atoms with van der Waals surface area (Å²) >= 11 is 1.81. The maximum atomic E-state index is 5.62. The first-order chi connectivity index (χ1) is 6.42. The highest BCUT2D eigenvalue weighted by Crippen LogP contribution is 2.43. The van der Waals surface area contributed by atoms with E-state index in [1.165, 1.54) is 30.6 Å². The molecule has 1 saturated heterocycles. The summed E-state index contributed by atoms with van der Waals surface area (Å²) in [6.07, 6.45) is 6.19. The van der Waals surface area contributed by atoms with Crippen molar-refractivity contribution in [2.45, 2.75) is 44.8 Å². The topological polar surface area (TPSA) is 12.5 Å². The number of thiophene rings is 1. The molecule has 0 saturated carbocycles. The molecule has 72 valence electrons. The highest BCUT2D eigenvalue weighted by atomic mass is 32.1. The van der Waals surface area contributed by atoms with Crippen molar-refractivity contribution in [2.75, 3.05) is 0 Å². The van der Waals surface area contributed by atoms with Crippen molar-refractivity contribution in [1.29, 1.82) is 0 Å². The van der Waals surface area contributed by atoms with Crippen molar-refractivity contribution >= 4 is 11.3 Å². The fraction of sp³-hybridized carbons (Fsp3) is 0.636. The second-order valence-corrected chi connectivity index (χ2v) is 4.59. The van der Waals surface area contributed by atoms with Crippen molar-refractivity contribution in [3.05, 3.63) is 22.4 Å². The van der Waals surface area contributed by atoms with Gasteiger partial charge in [0.1, 0.15) is 6.10 Å². The van der Waals surface area contributed by atoms with Crippen molar-refractivity contribution < 1.29 is 4.74 Å². The molecule has 13 heavy (non-hydrogen) atoms. The van der Waals surface area contributed by atoms with E-state index in [2.05, 4.69) is 24.4 Å². The van der Waals surface area contributed by atoms with Gasteiger partial charge in [-0.15, -0.1) is 11.3 Å². The van der Waals surface area contributed by atoms with Gasteiger partial charge in [-0.2, -0.15) is 0 Å². The van der Waals surface area contributed by atoms with Crippen LogP contribution in [0.15, 0.2) is 17.5 Å². The van der Waals surface area contributed by atoms with E-state index in [0.29, 0.717) is 12.2 Å². The molecule has 0 aromatic carbocycles. The Labute approximate surface area is 83.7 Å². The molecule has 0 amide bonds. The fourth-order valence-electron chi connectivity index (χ4n) is 1.66.